The molecule has 0 aromatic heterocycles. The predicted molar refractivity (Wildman–Crippen MR) is 92.7 cm³/mol. The number of halogens is 2. The van der Waals surface area contributed by atoms with Gasteiger partial charge in [-0.05, 0) is 37.1 Å². The van der Waals surface area contributed by atoms with E-state index in [2.05, 4.69) is 15.5 Å². The Morgan fingerprint density at radius 3 is 2.41 bits per heavy atom. The number of hydrogen-bond acceptors (Lipinski definition) is 6. The summed E-state index contributed by atoms with van der Waals surface area (Å²) in [6, 6.07) is 3.97. The number of carbonyl (C=O) groups is 4. The van der Waals surface area contributed by atoms with Gasteiger partial charge in [0.1, 0.15) is 11.3 Å². The number of esters is 1. The van der Waals surface area contributed by atoms with Crippen LogP contribution in [0.5, 0.6) is 5.75 Å². The van der Waals surface area contributed by atoms with E-state index in [1.54, 1.807) is 0 Å². The van der Waals surface area contributed by atoms with Gasteiger partial charge in [-0.15, -0.1) is 0 Å². The summed E-state index contributed by atoms with van der Waals surface area (Å²) >= 11 is 0. The second kappa shape index (κ2) is 8.41. The fourth-order valence-electron chi connectivity index (χ4n) is 3.36. The average molecular weight is 411 g/mol. The largest absolute Gasteiger partial charge is 0.452 e. The molecule has 0 bridgehead atoms. The average Bonchev–Trinajstić information content (AvgIpc) is 2.90. The number of alkyl halides is 2. The standard InChI is InChI=1S/C18H19F2N3O6/c19-16(20)29-12-6-4-11(5-7-12)14(25)28-10-13(24)22-23-15(26)18(21-17(23)27)8-2-1-3-9-18/h4-7,16H,1-3,8-10H2,(H,21,27)(H,22,24). The fraction of sp³-hybridized carbons (Fsp3) is 0.444. The molecule has 1 spiro atoms. The molecule has 1 aliphatic heterocycles. The molecular formula is C18H19F2N3O6. The monoisotopic (exact) mass is 411 g/mol. The zero-order chi connectivity index (χ0) is 21.0. The summed E-state index contributed by atoms with van der Waals surface area (Å²) in [5.41, 5.74) is 1.16. The van der Waals surface area contributed by atoms with Gasteiger partial charge in [-0.3, -0.25) is 15.0 Å². The van der Waals surface area contributed by atoms with Gasteiger partial charge in [-0.25, -0.2) is 9.59 Å². The lowest BCUT2D eigenvalue weighted by atomic mass is 9.82. The third-order valence-electron chi connectivity index (χ3n) is 4.75. The van der Waals surface area contributed by atoms with Crippen molar-refractivity contribution in [3.05, 3.63) is 29.8 Å². The number of urea groups is 1. The van der Waals surface area contributed by atoms with Crippen molar-refractivity contribution >= 4 is 23.8 Å². The Morgan fingerprint density at radius 2 is 1.79 bits per heavy atom. The van der Waals surface area contributed by atoms with Crippen molar-refractivity contribution in [3.63, 3.8) is 0 Å². The molecule has 0 atom stereocenters. The molecule has 1 aromatic rings. The molecule has 156 valence electrons. The maximum absolute atomic E-state index is 12.6. The number of nitrogens with one attached hydrogen (secondary N) is 2. The van der Waals surface area contributed by atoms with Crippen molar-refractivity contribution in [1.82, 2.24) is 15.8 Å². The zero-order valence-corrected chi connectivity index (χ0v) is 15.3. The van der Waals surface area contributed by atoms with Crippen LogP contribution in [0.3, 0.4) is 0 Å². The minimum Gasteiger partial charge on any atom is -0.452 e. The van der Waals surface area contributed by atoms with E-state index in [0.717, 1.165) is 31.4 Å². The van der Waals surface area contributed by atoms with E-state index in [9.17, 15) is 28.0 Å². The summed E-state index contributed by atoms with van der Waals surface area (Å²) in [6.07, 6.45) is 3.58. The molecule has 1 aromatic carbocycles. The molecule has 1 heterocycles. The van der Waals surface area contributed by atoms with E-state index in [1.807, 2.05) is 0 Å². The van der Waals surface area contributed by atoms with Gasteiger partial charge >= 0.3 is 18.6 Å². The lowest BCUT2D eigenvalue weighted by molar-refractivity contribution is -0.140. The van der Waals surface area contributed by atoms with Crippen LogP contribution >= 0.6 is 0 Å². The van der Waals surface area contributed by atoms with Gasteiger partial charge in [-0.1, -0.05) is 19.3 Å². The Balaban J connectivity index is 1.51. The number of imide groups is 1. The number of carbonyl (C=O) groups excluding carboxylic acids is 4. The van der Waals surface area contributed by atoms with Crippen molar-refractivity contribution in [2.45, 2.75) is 44.3 Å². The highest BCUT2D eigenvalue weighted by atomic mass is 19.3. The number of ether oxygens (including phenoxy) is 2. The van der Waals surface area contributed by atoms with E-state index in [-0.39, 0.29) is 11.3 Å². The Bertz CT molecular complexity index is 808. The first-order chi connectivity index (χ1) is 13.8. The van der Waals surface area contributed by atoms with Crippen LogP contribution in [0.25, 0.3) is 0 Å². The Hall–Kier alpha value is -3.24. The topological polar surface area (TPSA) is 114 Å². The van der Waals surface area contributed by atoms with Crippen molar-refractivity contribution < 1.29 is 37.4 Å². The number of amides is 4. The Labute approximate surface area is 164 Å². The molecule has 11 heteroatoms. The minimum atomic E-state index is -2.99. The van der Waals surface area contributed by atoms with Crippen LogP contribution in [0.15, 0.2) is 24.3 Å². The smallest absolute Gasteiger partial charge is 0.387 e. The predicted octanol–water partition coefficient (Wildman–Crippen LogP) is 1.73. The normalized spacial score (nSPS) is 18.0. The molecule has 1 aliphatic carbocycles. The molecule has 4 amide bonds. The highest BCUT2D eigenvalue weighted by Crippen LogP contribution is 2.32. The molecule has 1 saturated heterocycles. The molecule has 3 rings (SSSR count). The molecule has 2 aliphatic rings. The molecule has 2 fully saturated rings. The molecular weight excluding hydrogens is 392 g/mol. The second-order valence-corrected chi connectivity index (χ2v) is 6.73. The summed E-state index contributed by atoms with van der Waals surface area (Å²) in [5.74, 6) is -2.42. The van der Waals surface area contributed by atoms with Crippen LogP contribution in [0.1, 0.15) is 42.5 Å². The Kier molecular flexibility index (Phi) is 5.95. The van der Waals surface area contributed by atoms with Crippen LogP contribution in [0, 0.1) is 0 Å². The summed E-state index contributed by atoms with van der Waals surface area (Å²) in [6.45, 7) is -3.73. The lowest BCUT2D eigenvalue weighted by Crippen LogP contribution is -2.51. The van der Waals surface area contributed by atoms with Gasteiger partial charge in [0, 0.05) is 0 Å². The number of nitrogens with zero attached hydrogens (tertiary/aromatic N) is 1. The minimum absolute atomic E-state index is 0.00978. The van der Waals surface area contributed by atoms with E-state index in [1.165, 1.54) is 12.1 Å². The van der Waals surface area contributed by atoms with Gasteiger partial charge in [0.15, 0.2) is 6.61 Å². The van der Waals surface area contributed by atoms with Gasteiger partial charge in [-0.2, -0.15) is 13.8 Å². The third kappa shape index (κ3) is 4.61. The van der Waals surface area contributed by atoms with Gasteiger partial charge in [0.05, 0.1) is 5.56 Å². The SMILES string of the molecule is O=C(COC(=O)c1ccc(OC(F)F)cc1)NN1C(=O)NC2(CCCCC2)C1=O. The highest BCUT2D eigenvalue weighted by molar-refractivity contribution is 6.08. The van der Waals surface area contributed by atoms with E-state index >= 15 is 0 Å². The molecule has 2 N–H and O–H groups in total. The van der Waals surface area contributed by atoms with Crippen molar-refractivity contribution in [2.24, 2.45) is 0 Å². The van der Waals surface area contributed by atoms with Crippen LogP contribution < -0.4 is 15.5 Å². The second-order valence-electron chi connectivity index (χ2n) is 6.73. The Morgan fingerprint density at radius 1 is 1.14 bits per heavy atom. The van der Waals surface area contributed by atoms with Gasteiger partial charge in [0.25, 0.3) is 11.8 Å². The molecule has 0 unspecified atom stereocenters. The number of rotatable bonds is 6. The van der Waals surface area contributed by atoms with Crippen LogP contribution in [-0.2, 0) is 14.3 Å². The maximum atomic E-state index is 12.6. The zero-order valence-electron chi connectivity index (χ0n) is 15.3. The van der Waals surface area contributed by atoms with E-state index in [0.29, 0.717) is 17.9 Å². The van der Waals surface area contributed by atoms with Crippen molar-refractivity contribution in [3.8, 4) is 5.75 Å². The maximum Gasteiger partial charge on any atom is 0.387 e. The summed E-state index contributed by atoms with van der Waals surface area (Å²) < 4.78 is 33.2. The molecule has 29 heavy (non-hydrogen) atoms. The summed E-state index contributed by atoms with van der Waals surface area (Å²) in [5, 5.41) is 3.24. The molecule has 1 saturated carbocycles. The first-order valence-corrected chi connectivity index (χ1v) is 8.99. The van der Waals surface area contributed by atoms with Crippen molar-refractivity contribution in [2.75, 3.05) is 6.61 Å². The van der Waals surface area contributed by atoms with E-state index < -0.39 is 42.6 Å². The van der Waals surface area contributed by atoms with Crippen molar-refractivity contribution in [1.29, 1.82) is 0 Å². The van der Waals surface area contributed by atoms with E-state index in [4.69, 9.17) is 4.74 Å². The highest BCUT2D eigenvalue weighted by Gasteiger charge is 2.52. The van der Waals surface area contributed by atoms with Crippen LogP contribution in [0.4, 0.5) is 13.6 Å². The third-order valence-corrected chi connectivity index (χ3v) is 4.75. The van der Waals surface area contributed by atoms with Crippen LogP contribution in [-0.4, -0.2) is 47.6 Å². The molecule has 0 radical (unpaired) electrons. The van der Waals surface area contributed by atoms with Crippen LogP contribution in [0.2, 0.25) is 0 Å². The number of hydrazine groups is 1. The van der Waals surface area contributed by atoms with Gasteiger partial charge in [0.2, 0.25) is 0 Å². The number of benzene rings is 1. The first kappa shape index (κ1) is 20.5. The summed E-state index contributed by atoms with van der Waals surface area (Å²) in [4.78, 5) is 48.6. The lowest BCUT2D eigenvalue weighted by Gasteiger charge is -2.30. The quantitative estimate of drug-likeness (QED) is 0.544. The fourth-order valence-corrected chi connectivity index (χ4v) is 3.36. The molecule has 9 nitrogen and oxygen atoms in total. The van der Waals surface area contributed by atoms with Gasteiger partial charge < -0.3 is 14.8 Å². The number of hydrogen-bond donors (Lipinski definition) is 2. The summed E-state index contributed by atoms with van der Waals surface area (Å²) in [7, 11) is 0. The first-order valence-electron chi connectivity index (χ1n) is 8.99.